The third kappa shape index (κ3) is 5.01. The first-order chi connectivity index (χ1) is 9.73. The third-order valence-electron chi connectivity index (χ3n) is 3.00. The van der Waals surface area contributed by atoms with Crippen LogP contribution in [0.5, 0.6) is 0 Å². The summed E-state index contributed by atoms with van der Waals surface area (Å²) < 4.78 is 68.2. The van der Waals surface area contributed by atoms with Gasteiger partial charge in [-0.15, -0.1) is 0 Å². The second-order valence-corrected chi connectivity index (χ2v) is 7.73. The molecule has 1 amide bonds. The quantitative estimate of drug-likeness (QED) is 0.567. The Bertz CT molecular complexity index is 512. The summed E-state index contributed by atoms with van der Waals surface area (Å²) in [6, 6.07) is -0.489. The van der Waals surface area contributed by atoms with Crippen molar-refractivity contribution in [2.75, 3.05) is 6.54 Å². The van der Waals surface area contributed by atoms with Gasteiger partial charge in [-0.2, -0.15) is 21.6 Å². The molecule has 2 atom stereocenters. The predicted octanol–water partition coefficient (Wildman–Crippen LogP) is 2.64. The number of likely N-dealkylation sites (tertiary alicyclic amines) is 1. The fraction of sp³-hybridized carbons (Fsp3) is 0.917. The Labute approximate surface area is 127 Å². The van der Waals surface area contributed by atoms with E-state index in [0.29, 0.717) is 0 Å². The number of halogens is 3. The van der Waals surface area contributed by atoms with Crippen LogP contribution >= 0.6 is 0 Å². The maximum atomic E-state index is 12.3. The van der Waals surface area contributed by atoms with Gasteiger partial charge in [-0.1, -0.05) is 0 Å². The van der Waals surface area contributed by atoms with Crippen LogP contribution in [0.25, 0.3) is 0 Å². The molecule has 0 saturated carbocycles. The summed E-state index contributed by atoms with van der Waals surface area (Å²) in [5, 5.41) is 0. The lowest BCUT2D eigenvalue weighted by Crippen LogP contribution is -2.49. The van der Waals surface area contributed by atoms with Crippen molar-refractivity contribution in [1.82, 2.24) is 4.90 Å². The summed E-state index contributed by atoms with van der Waals surface area (Å²) >= 11 is 0. The Morgan fingerprint density at radius 2 is 1.77 bits per heavy atom. The average molecular weight is 347 g/mol. The van der Waals surface area contributed by atoms with E-state index in [0.717, 1.165) is 0 Å². The maximum absolute atomic E-state index is 12.3. The molecule has 6 nitrogen and oxygen atoms in total. The van der Waals surface area contributed by atoms with E-state index >= 15 is 0 Å². The Morgan fingerprint density at radius 1 is 1.23 bits per heavy atom. The first kappa shape index (κ1) is 19.0. The summed E-state index contributed by atoms with van der Waals surface area (Å²) in [5.74, 6) is 0. The molecule has 1 rings (SSSR count). The van der Waals surface area contributed by atoms with Gasteiger partial charge in [0.2, 0.25) is 0 Å². The van der Waals surface area contributed by atoms with E-state index in [1.807, 2.05) is 0 Å². The van der Waals surface area contributed by atoms with Crippen molar-refractivity contribution >= 4 is 16.2 Å². The molecule has 0 radical (unpaired) electrons. The van der Waals surface area contributed by atoms with Crippen molar-refractivity contribution in [3.8, 4) is 0 Å². The van der Waals surface area contributed by atoms with Crippen molar-refractivity contribution in [2.45, 2.75) is 63.8 Å². The molecule has 0 spiro atoms. The molecule has 1 fully saturated rings. The van der Waals surface area contributed by atoms with Gasteiger partial charge in [0.1, 0.15) is 5.60 Å². The fourth-order valence-electron chi connectivity index (χ4n) is 2.04. The minimum atomic E-state index is -5.62. The van der Waals surface area contributed by atoms with E-state index in [1.54, 1.807) is 27.7 Å². The highest BCUT2D eigenvalue weighted by Gasteiger charge is 2.49. The lowest BCUT2D eigenvalue weighted by atomic mass is 10.0. The van der Waals surface area contributed by atoms with Crippen LogP contribution in [0.1, 0.15) is 40.5 Å². The number of hydrogen-bond donors (Lipinski definition) is 0. The van der Waals surface area contributed by atoms with Crippen LogP contribution in [-0.4, -0.2) is 49.2 Å². The SMILES string of the molecule is CC1CC(OS(=O)(=O)C(F)(F)F)CCN1C(=O)OC(C)(C)C. The Balaban J connectivity index is 2.66. The van der Waals surface area contributed by atoms with Gasteiger partial charge in [-0.05, 0) is 40.5 Å². The number of rotatable bonds is 2. The molecule has 0 bridgehead atoms. The standard InChI is InChI=1S/C12H20F3NO5S/c1-8-7-9(21-22(18,19)12(13,14)15)5-6-16(8)10(17)20-11(2,3)4/h8-9H,5-7H2,1-4H3. The van der Waals surface area contributed by atoms with Crippen LogP contribution in [0.2, 0.25) is 0 Å². The molecule has 0 aromatic rings. The zero-order chi connectivity index (χ0) is 17.3. The van der Waals surface area contributed by atoms with Crippen molar-refractivity contribution < 1.29 is 35.3 Å². The number of amides is 1. The zero-order valence-corrected chi connectivity index (χ0v) is 13.6. The number of alkyl halides is 3. The molecular formula is C12H20F3NO5S. The monoisotopic (exact) mass is 347 g/mol. The van der Waals surface area contributed by atoms with Crippen LogP contribution in [0, 0.1) is 0 Å². The van der Waals surface area contributed by atoms with Gasteiger partial charge in [-0.3, -0.25) is 4.18 Å². The molecule has 10 heteroatoms. The molecule has 0 aromatic carbocycles. The van der Waals surface area contributed by atoms with Crippen molar-refractivity contribution in [1.29, 1.82) is 0 Å². The van der Waals surface area contributed by atoms with Crippen LogP contribution in [0.4, 0.5) is 18.0 Å². The van der Waals surface area contributed by atoms with E-state index in [9.17, 15) is 26.4 Å². The first-order valence-electron chi connectivity index (χ1n) is 6.72. The van der Waals surface area contributed by atoms with Crippen molar-refractivity contribution in [2.24, 2.45) is 0 Å². The fourth-order valence-corrected chi connectivity index (χ4v) is 2.68. The minimum absolute atomic E-state index is 0.0150. The minimum Gasteiger partial charge on any atom is -0.444 e. The van der Waals surface area contributed by atoms with Crippen LogP contribution in [0.3, 0.4) is 0 Å². The zero-order valence-electron chi connectivity index (χ0n) is 12.8. The molecule has 2 unspecified atom stereocenters. The topological polar surface area (TPSA) is 72.9 Å². The number of ether oxygens (including phenoxy) is 1. The van der Waals surface area contributed by atoms with Gasteiger partial charge in [0.25, 0.3) is 0 Å². The first-order valence-corrected chi connectivity index (χ1v) is 8.13. The number of carbonyl (C=O) groups is 1. The highest BCUT2D eigenvalue weighted by molar-refractivity contribution is 7.87. The van der Waals surface area contributed by atoms with Gasteiger partial charge >= 0.3 is 21.7 Å². The second-order valence-electron chi connectivity index (χ2n) is 6.17. The van der Waals surface area contributed by atoms with Crippen LogP contribution < -0.4 is 0 Å². The van der Waals surface area contributed by atoms with Gasteiger partial charge < -0.3 is 9.64 Å². The highest BCUT2D eigenvalue weighted by atomic mass is 32.2. The molecule has 22 heavy (non-hydrogen) atoms. The Hall–Kier alpha value is -1.03. The molecule has 1 heterocycles. The summed E-state index contributed by atoms with van der Waals surface area (Å²) in [6.45, 7) is 6.75. The molecular weight excluding hydrogens is 327 g/mol. The largest absolute Gasteiger partial charge is 0.523 e. The number of hydrogen-bond acceptors (Lipinski definition) is 5. The van der Waals surface area contributed by atoms with Crippen molar-refractivity contribution in [3.05, 3.63) is 0 Å². The Morgan fingerprint density at radius 3 is 2.18 bits per heavy atom. The molecule has 130 valence electrons. The molecule has 1 aliphatic rings. The lowest BCUT2D eigenvalue weighted by Gasteiger charge is -2.37. The van der Waals surface area contributed by atoms with Crippen LogP contribution in [-0.2, 0) is 19.0 Å². The number of nitrogens with zero attached hydrogens (tertiary/aromatic N) is 1. The van der Waals surface area contributed by atoms with E-state index in [1.165, 1.54) is 4.90 Å². The Kier molecular flexibility index (Phi) is 5.38. The summed E-state index contributed by atoms with van der Waals surface area (Å²) in [5.41, 5.74) is -6.14. The molecule has 1 aliphatic heterocycles. The van der Waals surface area contributed by atoms with Crippen molar-refractivity contribution in [3.63, 3.8) is 0 Å². The molecule has 0 aromatic heterocycles. The highest BCUT2D eigenvalue weighted by Crippen LogP contribution is 2.30. The van der Waals surface area contributed by atoms with E-state index in [-0.39, 0.29) is 19.4 Å². The van der Waals surface area contributed by atoms with Gasteiger partial charge in [-0.25, -0.2) is 4.79 Å². The summed E-state index contributed by atoms with van der Waals surface area (Å²) in [6.07, 6.45) is -1.73. The van der Waals surface area contributed by atoms with E-state index in [4.69, 9.17) is 4.74 Å². The maximum Gasteiger partial charge on any atom is 0.523 e. The normalized spacial score (nSPS) is 24.2. The van der Waals surface area contributed by atoms with Gasteiger partial charge in [0, 0.05) is 12.6 Å². The van der Waals surface area contributed by atoms with Gasteiger partial charge in [0.15, 0.2) is 0 Å². The average Bonchev–Trinajstić information content (AvgIpc) is 2.23. The summed E-state index contributed by atoms with van der Waals surface area (Å²) in [4.78, 5) is 13.3. The lowest BCUT2D eigenvalue weighted by molar-refractivity contribution is -0.0612. The molecule has 1 saturated heterocycles. The molecule has 0 N–H and O–H groups in total. The second kappa shape index (κ2) is 6.23. The van der Waals surface area contributed by atoms with Crippen LogP contribution in [0.15, 0.2) is 0 Å². The third-order valence-corrected chi connectivity index (χ3v) is 4.09. The predicted molar refractivity (Wildman–Crippen MR) is 71.5 cm³/mol. The number of carbonyl (C=O) groups excluding carboxylic acids is 1. The van der Waals surface area contributed by atoms with E-state index < -0.39 is 39.5 Å². The van der Waals surface area contributed by atoms with E-state index in [2.05, 4.69) is 4.18 Å². The smallest absolute Gasteiger partial charge is 0.444 e. The number of piperidine rings is 1. The summed E-state index contributed by atoms with van der Waals surface area (Å²) in [7, 11) is -5.62. The molecule has 0 aliphatic carbocycles. The van der Waals surface area contributed by atoms with Gasteiger partial charge in [0.05, 0.1) is 6.10 Å².